The molecule has 26 heavy (non-hydrogen) atoms. The summed E-state index contributed by atoms with van der Waals surface area (Å²) in [6, 6.07) is 4.79. The third-order valence-corrected chi connectivity index (χ3v) is 4.71. The maximum Gasteiger partial charge on any atom is 0.341 e. The van der Waals surface area contributed by atoms with Gasteiger partial charge in [-0.1, -0.05) is 12.1 Å². The molecule has 0 saturated heterocycles. The summed E-state index contributed by atoms with van der Waals surface area (Å²) in [7, 11) is -0.246. The summed E-state index contributed by atoms with van der Waals surface area (Å²) in [5.41, 5.74) is -0.252. The van der Waals surface area contributed by atoms with Crippen LogP contribution in [-0.4, -0.2) is 51.3 Å². The first kappa shape index (κ1) is 19.5. The van der Waals surface area contributed by atoms with E-state index in [0.717, 1.165) is 12.1 Å². The van der Waals surface area contributed by atoms with E-state index in [2.05, 4.69) is 15.3 Å². The number of hydrogen-bond acceptors (Lipinski definition) is 7. The van der Waals surface area contributed by atoms with E-state index in [1.54, 1.807) is 19.0 Å². The van der Waals surface area contributed by atoms with Gasteiger partial charge in [0.05, 0.1) is 23.8 Å². The lowest BCUT2D eigenvalue weighted by molar-refractivity contribution is 0.102. The second-order valence-electron chi connectivity index (χ2n) is 5.24. The van der Waals surface area contributed by atoms with Crippen molar-refractivity contribution in [2.45, 2.75) is 10.7 Å². The van der Waals surface area contributed by atoms with Crippen LogP contribution in [-0.2, 0) is 9.84 Å². The molecule has 0 fully saturated rings. The molecule has 2 aromatic rings. The Bertz CT molecular complexity index is 920. The van der Waals surface area contributed by atoms with Crippen molar-refractivity contribution in [3.63, 3.8) is 0 Å². The number of ether oxygens (including phenoxy) is 1. The van der Waals surface area contributed by atoms with Gasteiger partial charge in [0.25, 0.3) is 5.91 Å². The predicted octanol–water partition coefficient (Wildman–Crippen LogP) is 1.80. The molecule has 0 aliphatic heterocycles. The summed E-state index contributed by atoms with van der Waals surface area (Å²) in [6.07, 6.45) is 1.27. The number of alkyl halides is 2. The highest BCUT2D eigenvalue weighted by Gasteiger charge is 2.31. The minimum Gasteiger partial charge on any atom is -0.467 e. The van der Waals surface area contributed by atoms with Gasteiger partial charge in [0.1, 0.15) is 5.69 Å². The number of nitrogens with one attached hydrogen (secondary N) is 1. The Labute approximate surface area is 148 Å². The first-order valence-electron chi connectivity index (χ1n) is 7.19. The molecule has 1 amide bonds. The molecule has 0 bridgehead atoms. The molecule has 1 N–H and O–H groups in total. The van der Waals surface area contributed by atoms with Gasteiger partial charge in [-0.25, -0.2) is 13.4 Å². The van der Waals surface area contributed by atoms with Crippen molar-refractivity contribution in [3.05, 3.63) is 36.0 Å². The van der Waals surface area contributed by atoms with Crippen LogP contribution in [0, 0.1) is 0 Å². The van der Waals surface area contributed by atoms with E-state index in [9.17, 15) is 22.0 Å². The summed E-state index contributed by atoms with van der Waals surface area (Å²) in [4.78, 5) is 21.3. The Balaban J connectivity index is 2.44. The molecular weight excluding hydrogens is 370 g/mol. The molecule has 0 atom stereocenters. The number of hydrogen-bond donors (Lipinski definition) is 1. The fourth-order valence-corrected chi connectivity index (χ4v) is 3.00. The number of sulfone groups is 1. The third-order valence-electron chi connectivity index (χ3n) is 3.27. The summed E-state index contributed by atoms with van der Waals surface area (Å²) < 4.78 is 54.2. The number of carbonyl (C=O) groups excluding carboxylic acids is 1. The molecule has 0 aliphatic carbocycles. The Morgan fingerprint density at radius 3 is 2.50 bits per heavy atom. The topological polar surface area (TPSA) is 101 Å². The predicted molar refractivity (Wildman–Crippen MR) is 90.5 cm³/mol. The van der Waals surface area contributed by atoms with Crippen LogP contribution in [0.4, 0.5) is 20.3 Å². The van der Waals surface area contributed by atoms with Crippen LogP contribution < -0.4 is 15.0 Å². The number of anilines is 2. The lowest BCUT2D eigenvalue weighted by Gasteiger charge is -2.17. The highest BCUT2D eigenvalue weighted by Crippen LogP contribution is 2.26. The average Bonchev–Trinajstić information content (AvgIpc) is 2.61. The van der Waals surface area contributed by atoms with Crippen LogP contribution in [0.1, 0.15) is 10.4 Å². The molecule has 1 aromatic heterocycles. The van der Waals surface area contributed by atoms with Gasteiger partial charge in [-0.3, -0.25) is 4.79 Å². The van der Waals surface area contributed by atoms with Crippen LogP contribution >= 0.6 is 0 Å². The number of benzene rings is 1. The van der Waals surface area contributed by atoms with Gasteiger partial charge in [-0.2, -0.15) is 13.8 Å². The SMILES string of the molecule is COc1ncc(NC(=O)c2ccccc2S(=O)(=O)C(F)F)c(N(C)C)n1. The Kier molecular flexibility index (Phi) is 5.70. The summed E-state index contributed by atoms with van der Waals surface area (Å²) in [5, 5.41) is 2.44. The fraction of sp³-hybridized carbons (Fsp3) is 0.267. The molecule has 0 radical (unpaired) electrons. The second kappa shape index (κ2) is 7.60. The van der Waals surface area contributed by atoms with Gasteiger partial charge in [-0.05, 0) is 12.1 Å². The van der Waals surface area contributed by atoms with Crippen molar-refractivity contribution < 1.29 is 26.7 Å². The van der Waals surface area contributed by atoms with Crippen molar-refractivity contribution in [1.82, 2.24) is 9.97 Å². The molecule has 0 spiro atoms. The molecule has 1 aromatic carbocycles. The van der Waals surface area contributed by atoms with E-state index in [1.165, 1.54) is 25.4 Å². The highest BCUT2D eigenvalue weighted by molar-refractivity contribution is 7.91. The van der Waals surface area contributed by atoms with Gasteiger partial charge in [0.15, 0.2) is 5.82 Å². The second-order valence-corrected chi connectivity index (χ2v) is 7.13. The lowest BCUT2D eigenvalue weighted by Crippen LogP contribution is -2.21. The van der Waals surface area contributed by atoms with Crippen molar-refractivity contribution in [3.8, 4) is 6.01 Å². The standard InChI is InChI=1S/C15H16F2N4O4S/c1-21(2)12-10(8-18-15(20-12)25-3)19-13(22)9-6-4-5-7-11(9)26(23,24)14(16)17/h4-8,14H,1-3H3,(H,19,22). The maximum atomic E-state index is 12.9. The minimum atomic E-state index is -4.94. The molecule has 140 valence electrons. The fourth-order valence-electron chi connectivity index (χ4n) is 2.07. The molecule has 2 rings (SSSR count). The van der Waals surface area contributed by atoms with Crippen molar-refractivity contribution >= 4 is 27.2 Å². The normalized spacial score (nSPS) is 11.3. The van der Waals surface area contributed by atoms with Crippen LogP contribution in [0.3, 0.4) is 0 Å². The van der Waals surface area contributed by atoms with Gasteiger partial charge in [0.2, 0.25) is 9.84 Å². The molecule has 0 aliphatic rings. The number of aromatic nitrogens is 2. The molecule has 11 heteroatoms. The smallest absolute Gasteiger partial charge is 0.341 e. The molecule has 1 heterocycles. The maximum absolute atomic E-state index is 12.9. The van der Waals surface area contributed by atoms with Crippen molar-refractivity contribution in [2.24, 2.45) is 0 Å². The van der Waals surface area contributed by atoms with E-state index < -0.39 is 32.0 Å². The zero-order valence-corrected chi connectivity index (χ0v) is 14.9. The molecule has 8 nitrogen and oxygen atoms in total. The molecule has 0 unspecified atom stereocenters. The average molecular weight is 386 g/mol. The quantitative estimate of drug-likeness (QED) is 0.808. The molecule has 0 saturated carbocycles. The van der Waals surface area contributed by atoms with Crippen LogP contribution in [0.5, 0.6) is 6.01 Å². The van der Waals surface area contributed by atoms with Crippen LogP contribution in [0.2, 0.25) is 0 Å². The lowest BCUT2D eigenvalue weighted by atomic mass is 10.2. The van der Waals surface area contributed by atoms with Crippen molar-refractivity contribution in [2.75, 3.05) is 31.4 Å². The number of methoxy groups -OCH3 is 1. The number of rotatable bonds is 6. The number of amides is 1. The number of nitrogens with zero attached hydrogens (tertiary/aromatic N) is 3. The first-order valence-corrected chi connectivity index (χ1v) is 8.74. The summed E-state index contributed by atoms with van der Waals surface area (Å²) in [5.74, 6) is -4.24. The van der Waals surface area contributed by atoms with Gasteiger partial charge in [-0.15, -0.1) is 0 Å². The number of halogens is 2. The third kappa shape index (κ3) is 3.87. The number of carbonyl (C=O) groups is 1. The van der Waals surface area contributed by atoms with Crippen molar-refractivity contribution in [1.29, 1.82) is 0 Å². The van der Waals surface area contributed by atoms with Gasteiger partial charge < -0.3 is 15.0 Å². The molecular formula is C15H16F2N4O4S. The van der Waals surface area contributed by atoms with E-state index in [4.69, 9.17) is 4.74 Å². The summed E-state index contributed by atoms with van der Waals surface area (Å²) >= 11 is 0. The largest absolute Gasteiger partial charge is 0.467 e. The Morgan fingerprint density at radius 1 is 1.27 bits per heavy atom. The highest BCUT2D eigenvalue weighted by atomic mass is 32.2. The van der Waals surface area contributed by atoms with E-state index >= 15 is 0 Å². The van der Waals surface area contributed by atoms with Crippen LogP contribution in [0.15, 0.2) is 35.4 Å². The van der Waals surface area contributed by atoms with E-state index in [0.29, 0.717) is 5.82 Å². The Hall–Kier alpha value is -2.82. The first-order chi connectivity index (χ1) is 12.2. The van der Waals surface area contributed by atoms with Gasteiger partial charge >= 0.3 is 11.8 Å². The zero-order chi connectivity index (χ0) is 19.5. The zero-order valence-electron chi connectivity index (χ0n) is 14.1. The summed E-state index contributed by atoms with van der Waals surface area (Å²) in [6.45, 7) is 0. The van der Waals surface area contributed by atoms with E-state index in [1.807, 2.05) is 0 Å². The monoisotopic (exact) mass is 386 g/mol. The van der Waals surface area contributed by atoms with Gasteiger partial charge in [0, 0.05) is 14.1 Å². The minimum absolute atomic E-state index is 0.0624. The Morgan fingerprint density at radius 2 is 1.92 bits per heavy atom. The van der Waals surface area contributed by atoms with E-state index in [-0.39, 0.29) is 11.7 Å². The van der Waals surface area contributed by atoms with Crippen LogP contribution in [0.25, 0.3) is 0 Å².